The molecule has 1 aliphatic rings. The largest absolute Gasteiger partial charge is 0.255 e. The van der Waals surface area contributed by atoms with Crippen molar-refractivity contribution in [2.24, 2.45) is 0 Å². The first-order valence-corrected chi connectivity index (χ1v) is 14.5. The molecule has 0 bridgehead atoms. The molecule has 2 aromatic heterocycles. The van der Waals surface area contributed by atoms with Gasteiger partial charge in [0.15, 0.2) is 0 Å². The Kier molecular flexibility index (Phi) is 8.03. The third kappa shape index (κ3) is 5.11. The molecule has 0 fully saturated rings. The van der Waals surface area contributed by atoms with Crippen molar-refractivity contribution in [3.05, 3.63) is 143 Å². The van der Waals surface area contributed by atoms with Gasteiger partial charge in [-0.15, -0.1) is 6.42 Å². The fraction of sp³-hybridized carbons (Fsp3) is 0.0811. The van der Waals surface area contributed by atoms with Crippen LogP contribution in [0.3, 0.4) is 0 Å². The lowest BCUT2D eigenvalue weighted by Crippen LogP contribution is -2.08. The maximum absolute atomic E-state index is 5.96. The SMILES string of the molecule is C#C/C(=C\C=C/C)P(C(=C=C=C)C=C)c1ccc(-c2nc3ccccc3c3c4c(ccc23)C=CC=C(C)C4)cn1. The summed E-state index contributed by atoms with van der Waals surface area (Å²) in [5, 5.41) is 5.18. The maximum Gasteiger partial charge on any atom is 0.0803 e. The summed E-state index contributed by atoms with van der Waals surface area (Å²) in [6, 6.07) is 16.9. The third-order valence-electron chi connectivity index (χ3n) is 6.86. The number of benzene rings is 2. The number of para-hydroxylation sites is 1. The molecule has 2 aromatic carbocycles. The molecule has 0 spiro atoms. The quantitative estimate of drug-likeness (QED) is 0.0813. The van der Waals surface area contributed by atoms with Crippen LogP contribution in [0, 0.1) is 12.3 Å². The van der Waals surface area contributed by atoms with Crippen LogP contribution in [0.25, 0.3) is 39.0 Å². The van der Waals surface area contributed by atoms with Gasteiger partial charge in [-0.1, -0.05) is 96.3 Å². The average molecular weight is 533 g/mol. The highest BCUT2D eigenvalue weighted by Gasteiger charge is 2.21. The lowest BCUT2D eigenvalue weighted by molar-refractivity contribution is 1.16. The number of hydrogen-bond acceptors (Lipinski definition) is 2. The minimum absolute atomic E-state index is 0.819. The summed E-state index contributed by atoms with van der Waals surface area (Å²) in [5.74, 6) is 2.86. The van der Waals surface area contributed by atoms with Gasteiger partial charge < -0.3 is 0 Å². The monoisotopic (exact) mass is 532 g/mol. The van der Waals surface area contributed by atoms with Crippen molar-refractivity contribution >= 4 is 41.1 Å². The van der Waals surface area contributed by atoms with Crippen LogP contribution in [0.15, 0.2) is 132 Å². The number of rotatable bonds is 6. The standard InChI is InChI=1S/C37H29N2P/c1-6-10-17-30(9-4)40(29(8-3)14-7-2)35-23-21-28(25-38-35)37-32-22-20-27-16-13-15-26(5)24-33(27)36(32)31-18-11-12-19-34(31)39-37/h4,6,8,10-13,15-23,25H,2-3,24H2,1,5H3/b10-6-,30-17+. The number of allylic oxidation sites excluding steroid dienone is 9. The Morgan fingerprint density at radius 1 is 1.10 bits per heavy atom. The Balaban J connectivity index is 1.72. The van der Waals surface area contributed by atoms with E-state index >= 15 is 0 Å². The Morgan fingerprint density at radius 2 is 1.95 bits per heavy atom. The van der Waals surface area contributed by atoms with Gasteiger partial charge in [-0.3, -0.25) is 4.98 Å². The van der Waals surface area contributed by atoms with Gasteiger partial charge in [0.2, 0.25) is 0 Å². The zero-order valence-electron chi connectivity index (χ0n) is 22.8. The highest BCUT2D eigenvalue weighted by molar-refractivity contribution is 7.74. The highest BCUT2D eigenvalue weighted by Crippen LogP contribution is 2.51. The van der Waals surface area contributed by atoms with Crippen LogP contribution < -0.4 is 5.44 Å². The molecule has 0 saturated heterocycles. The first-order chi connectivity index (χ1) is 19.6. The molecule has 1 unspecified atom stereocenters. The molecule has 2 heterocycles. The maximum atomic E-state index is 5.96. The predicted octanol–water partition coefficient (Wildman–Crippen LogP) is 9.18. The molecule has 1 aliphatic carbocycles. The summed E-state index contributed by atoms with van der Waals surface area (Å²) in [6.07, 6.45) is 22.9. The molecule has 4 aromatic rings. The average Bonchev–Trinajstić information content (AvgIpc) is 3.18. The van der Waals surface area contributed by atoms with Gasteiger partial charge in [0, 0.05) is 41.1 Å². The Bertz CT molecular complexity index is 1900. The van der Waals surface area contributed by atoms with E-state index < -0.39 is 7.92 Å². The smallest absolute Gasteiger partial charge is 0.0803 e. The van der Waals surface area contributed by atoms with Crippen LogP contribution in [0.2, 0.25) is 0 Å². The Labute approximate surface area is 237 Å². The van der Waals surface area contributed by atoms with E-state index in [1.165, 1.54) is 27.5 Å². The van der Waals surface area contributed by atoms with Gasteiger partial charge in [-0.2, -0.15) is 0 Å². The minimum Gasteiger partial charge on any atom is -0.255 e. The summed E-state index contributed by atoms with van der Waals surface area (Å²) < 4.78 is 0. The van der Waals surface area contributed by atoms with E-state index in [4.69, 9.17) is 16.4 Å². The van der Waals surface area contributed by atoms with E-state index in [2.05, 4.69) is 92.1 Å². The topological polar surface area (TPSA) is 25.8 Å². The van der Waals surface area contributed by atoms with Crippen molar-refractivity contribution in [3.63, 3.8) is 0 Å². The van der Waals surface area contributed by atoms with Crippen molar-refractivity contribution < 1.29 is 0 Å². The van der Waals surface area contributed by atoms with E-state index in [0.717, 1.165) is 44.6 Å². The second-order valence-corrected chi connectivity index (χ2v) is 11.5. The van der Waals surface area contributed by atoms with Gasteiger partial charge in [-0.05, 0) is 67.6 Å². The summed E-state index contributed by atoms with van der Waals surface area (Å²) in [4.78, 5) is 10.1. The van der Waals surface area contributed by atoms with Gasteiger partial charge in [0.05, 0.1) is 16.6 Å². The van der Waals surface area contributed by atoms with E-state index in [0.29, 0.717) is 0 Å². The zero-order valence-corrected chi connectivity index (χ0v) is 23.7. The van der Waals surface area contributed by atoms with Gasteiger partial charge in [0.1, 0.15) is 0 Å². The van der Waals surface area contributed by atoms with E-state index in [1.54, 1.807) is 6.08 Å². The molecule has 0 saturated carbocycles. The molecule has 1 atom stereocenters. The van der Waals surface area contributed by atoms with Gasteiger partial charge in [0.25, 0.3) is 0 Å². The Hall–Kier alpha value is -4.75. The summed E-state index contributed by atoms with van der Waals surface area (Å²) in [6.45, 7) is 11.8. The molecule has 0 radical (unpaired) electrons. The lowest BCUT2D eigenvalue weighted by atomic mass is 9.91. The second kappa shape index (κ2) is 12.0. The predicted molar refractivity (Wildman–Crippen MR) is 174 cm³/mol. The molecule has 192 valence electrons. The second-order valence-electron chi connectivity index (χ2n) is 9.44. The first-order valence-electron chi connectivity index (χ1n) is 13.1. The molecule has 5 rings (SSSR count). The molecule has 0 aliphatic heterocycles. The third-order valence-corrected chi connectivity index (χ3v) is 9.12. The van der Waals surface area contributed by atoms with Crippen LogP contribution in [0.4, 0.5) is 0 Å². The molecule has 40 heavy (non-hydrogen) atoms. The normalized spacial score (nSPS) is 13.6. The molecule has 0 amide bonds. The number of hydrogen-bond donors (Lipinski definition) is 0. The molecular weight excluding hydrogens is 503 g/mol. The van der Waals surface area contributed by atoms with Crippen LogP contribution in [-0.4, -0.2) is 9.97 Å². The minimum atomic E-state index is -1.15. The number of aromatic nitrogens is 2. The number of terminal acetylenes is 1. The van der Waals surface area contributed by atoms with Crippen molar-refractivity contribution in [1.29, 1.82) is 0 Å². The van der Waals surface area contributed by atoms with Crippen LogP contribution in [-0.2, 0) is 6.42 Å². The van der Waals surface area contributed by atoms with Crippen molar-refractivity contribution in [2.75, 3.05) is 0 Å². The van der Waals surface area contributed by atoms with Crippen LogP contribution in [0.1, 0.15) is 25.0 Å². The highest BCUT2D eigenvalue weighted by atomic mass is 31.1. The fourth-order valence-electron chi connectivity index (χ4n) is 5.05. The summed E-state index contributed by atoms with van der Waals surface area (Å²) >= 11 is 0. The van der Waals surface area contributed by atoms with Gasteiger partial charge >= 0.3 is 0 Å². The van der Waals surface area contributed by atoms with Crippen LogP contribution in [0.5, 0.6) is 0 Å². The van der Waals surface area contributed by atoms with E-state index in [-0.39, 0.29) is 0 Å². The van der Waals surface area contributed by atoms with Gasteiger partial charge in [-0.25, -0.2) is 4.98 Å². The number of nitrogens with zero attached hydrogens (tertiary/aromatic N) is 2. The van der Waals surface area contributed by atoms with Crippen LogP contribution >= 0.6 is 7.92 Å². The summed E-state index contributed by atoms with van der Waals surface area (Å²) in [7, 11) is -1.15. The van der Waals surface area contributed by atoms with E-state index in [9.17, 15) is 0 Å². The fourth-order valence-corrected chi connectivity index (χ4v) is 6.94. The number of pyridine rings is 2. The molecule has 3 heteroatoms. The lowest BCUT2D eigenvalue weighted by Gasteiger charge is -2.18. The van der Waals surface area contributed by atoms with Crippen molar-refractivity contribution in [3.8, 4) is 23.6 Å². The Morgan fingerprint density at radius 3 is 2.67 bits per heavy atom. The zero-order chi connectivity index (χ0) is 28.1. The first kappa shape index (κ1) is 26.8. The number of fused-ring (bicyclic) bond motifs is 5. The summed E-state index contributed by atoms with van der Waals surface area (Å²) in [5.41, 5.74) is 13.5. The molecular formula is C37H29N2P. The molecule has 0 N–H and O–H groups in total. The van der Waals surface area contributed by atoms with Crippen molar-refractivity contribution in [1.82, 2.24) is 9.97 Å². The van der Waals surface area contributed by atoms with Crippen molar-refractivity contribution in [2.45, 2.75) is 20.3 Å². The molecule has 2 nitrogen and oxygen atoms in total. The van der Waals surface area contributed by atoms with E-state index in [1.807, 2.05) is 43.5 Å².